The van der Waals surface area contributed by atoms with Gasteiger partial charge in [-0.2, -0.15) is 0 Å². The van der Waals surface area contributed by atoms with E-state index in [0.29, 0.717) is 23.6 Å². The quantitative estimate of drug-likeness (QED) is 0.416. The van der Waals surface area contributed by atoms with Crippen LogP contribution in [0.3, 0.4) is 0 Å². The van der Waals surface area contributed by atoms with Gasteiger partial charge in [-0.1, -0.05) is 0 Å². The van der Waals surface area contributed by atoms with Crippen molar-refractivity contribution in [1.29, 1.82) is 5.41 Å². The molecule has 1 atom stereocenters. The summed E-state index contributed by atoms with van der Waals surface area (Å²) in [5, 5.41) is 14.3. The maximum absolute atomic E-state index is 12.7. The Kier molecular flexibility index (Phi) is 7.15. The van der Waals surface area contributed by atoms with Crippen LogP contribution >= 0.6 is 11.3 Å². The van der Waals surface area contributed by atoms with Crippen LogP contribution in [-0.4, -0.2) is 39.9 Å². The molecule has 8 nitrogen and oxygen atoms in total. The first-order valence-electron chi connectivity index (χ1n) is 12.2. The Labute approximate surface area is 209 Å². The fraction of sp³-hybridized carbons (Fsp3) is 0.423. The predicted octanol–water partition coefficient (Wildman–Crippen LogP) is 4.65. The van der Waals surface area contributed by atoms with Gasteiger partial charge in [0.1, 0.15) is 18.4 Å². The number of carbonyl (C=O) groups excluding carboxylic acids is 1. The number of nitrogens with zero attached hydrogens (tertiary/aromatic N) is 3. The molecule has 1 amide bonds. The Hall–Kier alpha value is -3.17. The van der Waals surface area contributed by atoms with Crippen LogP contribution < -0.4 is 10.6 Å². The van der Waals surface area contributed by atoms with Gasteiger partial charge in [-0.05, 0) is 75.1 Å². The van der Waals surface area contributed by atoms with Crippen molar-refractivity contribution < 1.29 is 9.53 Å². The molecule has 0 radical (unpaired) electrons. The molecule has 182 valence electrons. The Morgan fingerprint density at radius 1 is 1.20 bits per heavy atom. The highest BCUT2D eigenvalue weighted by molar-refractivity contribution is 7.14. The van der Waals surface area contributed by atoms with Crippen molar-refractivity contribution in [2.45, 2.75) is 64.6 Å². The number of hydrogen-bond donors (Lipinski definition) is 3. The third-order valence-corrected chi connectivity index (χ3v) is 7.84. The fourth-order valence-corrected chi connectivity index (χ4v) is 5.83. The van der Waals surface area contributed by atoms with Gasteiger partial charge >= 0.3 is 0 Å². The Balaban J connectivity index is 1.29. The highest BCUT2D eigenvalue weighted by atomic mass is 32.1. The Morgan fingerprint density at radius 3 is 2.86 bits per heavy atom. The predicted molar refractivity (Wildman–Crippen MR) is 137 cm³/mol. The normalized spacial score (nSPS) is 17.5. The number of ether oxygens (including phenoxy) is 1. The number of nitrogens with one attached hydrogen (secondary N) is 3. The molecule has 35 heavy (non-hydrogen) atoms. The first-order valence-corrected chi connectivity index (χ1v) is 13.0. The van der Waals surface area contributed by atoms with Crippen LogP contribution in [0.4, 0.5) is 5.82 Å². The molecule has 3 N–H and O–H groups in total. The Morgan fingerprint density at radius 2 is 2.09 bits per heavy atom. The number of rotatable bonds is 7. The van der Waals surface area contributed by atoms with E-state index in [9.17, 15) is 4.79 Å². The summed E-state index contributed by atoms with van der Waals surface area (Å²) in [5.41, 5.74) is 5.14. The van der Waals surface area contributed by atoms with E-state index in [4.69, 9.17) is 10.1 Å². The van der Waals surface area contributed by atoms with Crippen molar-refractivity contribution in [3.8, 4) is 11.3 Å². The summed E-state index contributed by atoms with van der Waals surface area (Å²) in [4.78, 5) is 28.3. The molecular weight excluding hydrogens is 460 g/mol. The highest BCUT2D eigenvalue weighted by Gasteiger charge is 2.20. The van der Waals surface area contributed by atoms with E-state index < -0.39 is 0 Å². The molecule has 1 fully saturated rings. The van der Waals surface area contributed by atoms with Crippen molar-refractivity contribution >= 4 is 29.3 Å². The van der Waals surface area contributed by atoms with E-state index in [1.165, 1.54) is 35.8 Å². The molecule has 1 saturated heterocycles. The summed E-state index contributed by atoms with van der Waals surface area (Å²) < 4.78 is 5.77. The largest absolute Gasteiger partial charge is 0.359 e. The van der Waals surface area contributed by atoms with Gasteiger partial charge in [0.25, 0.3) is 5.91 Å². The average Bonchev–Trinajstić information content (AvgIpc) is 3.33. The number of aromatic nitrogens is 3. The molecule has 1 aliphatic carbocycles. The maximum atomic E-state index is 12.7. The van der Waals surface area contributed by atoms with Crippen LogP contribution in [0.1, 0.15) is 69.0 Å². The molecule has 5 rings (SSSR count). The van der Waals surface area contributed by atoms with Gasteiger partial charge in [-0.25, -0.2) is 9.97 Å². The first kappa shape index (κ1) is 23.6. The molecule has 3 aromatic heterocycles. The fourth-order valence-electron chi connectivity index (χ4n) is 4.66. The number of carbonyl (C=O) groups is 1. The van der Waals surface area contributed by atoms with Crippen molar-refractivity contribution in [2.24, 2.45) is 0 Å². The monoisotopic (exact) mass is 490 g/mol. The van der Waals surface area contributed by atoms with Crippen molar-refractivity contribution in [2.75, 3.05) is 11.9 Å². The molecule has 2 aliphatic rings. The number of amides is 1. The lowest BCUT2D eigenvalue weighted by Gasteiger charge is -2.24. The summed E-state index contributed by atoms with van der Waals surface area (Å²) in [5.74, 6) is 0.543. The third-order valence-electron chi connectivity index (χ3n) is 6.60. The zero-order chi connectivity index (χ0) is 24.2. The van der Waals surface area contributed by atoms with Gasteiger partial charge in [0.2, 0.25) is 0 Å². The number of fused-ring (bicyclic) bond motifs is 1. The summed E-state index contributed by atoms with van der Waals surface area (Å²) in [6.07, 6.45) is 12.1. The number of anilines is 1. The van der Waals surface area contributed by atoms with Crippen LogP contribution in [0.2, 0.25) is 0 Å². The van der Waals surface area contributed by atoms with Crippen LogP contribution in [0.15, 0.2) is 24.7 Å². The van der Waals surface area contributed by atoms with E-state index in [0.717, 1.165) is 60.4 Å². The van der Waals surface area contributed by atoms with Crippen molar-refractivity contribution in [3.05, 3.63) is 56.8 Å². The van der Waals surface area contributed by atoms with E-state index in [2.05, 4.69) is 31.7 Å². The van der Waals surface area contributed by atoms with Crippen LogP contribution in [0.25, 0.3) is 11.3 Å². The zero-order valence-electron chi connectivity index (χ0n) is 19.9. The molecule has 0 bridgehead atoms. The lowest BCUT2D eigenvalue weighted by molar-refractivity contribution is 0.0341. The van der Waals surface area contributed by atoms with Gasteiger partial charge in [0.15, 0.2) is 0 Å². The van der Waals surface area contributed by atoms with E-state index >= 15 is 0 Å². The molecule has 0 saturated carbocycles. The van der Waals surface area contributed by atoms with Gasteiger partial charge in [0.05, 0.1) is 28.4 Å². The molecule has 9 heteroatoms. The zero-order valence-corrected chi connectivity index (χ0v) is 20.7. The summed E-state index contributed by atoms with van der Waals surface area (Å²) >= 11 is 1.62. The minimum Gasteiger partial charge on any atom is -0.359 e. The molecule has 4 heterocycles. The molecule has 0 spiro atoms. The topological polar surface area (TPSA) is 113 Å². The maximum Gasteiger partial charge on any atom is 0.261 e. The second-order valence-electron chi connectivity index (χ2n) is 9.06. The minimum atomic E-state index is -0.107. The first-order chi connectivity index (χ1) is 17.1. The number of hydrogen-bond acceptors (Lipinski definition) is 8. The molecule has 1 aliphatic heterocycles. The lowest BCUT2D eigenvalue weighted by Crippen LogP contribution is -2.28. The minimum absolute atomic E-state index is 0.0442. The van der Waals surface area contributed by atoms with E-state index in [-0.39, 0.29) is 12.1 Å². The second-order valence-corrected chi connectivity index (χ2v) is 10.2. The smallest absolute Gasteiger partial charge is 0.261 e. The van der Waals surface area contributed by atoms with Crippen molar-refractivity contribution in [1.82, 2.24) is 20.3 Å². The van der Waals surface area contributed by atoms with Gasteiger partial charge in [-0.15, -0.1) is 11.3 Å². The van der Waals surface area contributed by atoms with Gasteiger partial charge in [0, 0.05) is 29.5 Å². The number of aryl methyl sites for hydroxylation is 3. The lowest BCUT2D eigenvalue weighted by atomic mass is 9.99. The highest BCUT2D eigenvalue weighted by Crippen LogP contribution is 2.30. The molecule has 3 aromatic rings. The summed E-state index contributed by atoms with van der Waals surface area (Å²) in [7, 11) is 0. The average molecular weight is 491 g/mol. The van der Waals surface area contributed by atoms with E-state index in [1.54, 1.807) is 17.5 Å². The Bertz CT molecular complexity index is 1210. The van der Waals surface area contributed by atoms with Crippen LogP contribution in [0, 0.1) is 12.3 Å². The summed E-state index contributed by atoms with van der Waals surface area (Å²) in [6.45, 7) is 3.06. The SMILES string of the molecule is Cc1cc(-c2ncnc(NC3CCCCO3)c2C=N)cnc1CNC(=O)c1cc2c(s1)CCCC2. The molecule has 1 unspecified atom stereocenters. The molecular formula is C26H30N6O2S. The number of thiophene rings is 1. The van der Waals surface area contributed by atoms with Gasteiger partial charge < -0.3 is 20.8 Å². The number of pyridine rings is 1. The standard InChI is InChI=1S/C26H30N6O2S/c1-16-10-18(24-19(12-27)25(31-15-30-24)32-23-8-4-5-9-34-23)13-28-20(16)14-29-26(33)22-11-17-6-2-3-7-21(17)35-22/h10-13,15,23,27H,2-9,14H2,1H3,(H,29,33)(H,30,31,32). The second kappa shape index (κ2) is 10.6. The van der Waals surface area contributed by atoms with Crippen LogP contribution in [-0.2, 0) is 24.1 Å². The van der Waals surface area contributed by atoms with Crippen LogP contribution in [0.5, 0.6) is 0 Å². The third kappa shape index (κ3) is 5.26. The van der Waals surface area contributed by atoms with Crippen molar-refractivity contribution in [3.63, 3.8) is 0 Å². The van der Waals surface area contributed by atoms with E-state index in [1.807, 2.05) is 13.0 Å². The summed E-state index contributed by atoms with van der Waals surface area (Å²) in [6, 6.07) is 4.05. The van der Waals surface area contributed by atoms with Gasteiger partial charge in [-0.3, -0.25) is 9.78 Å². The molecule has 0 aromatic carbocycles.